The van der Waals surface area contributed by atoms with E-state index in [2.05, 4.69) is 170 Å². The summed E-state index contributed by atoms with van der Waals surface area (Å²) in [7, 11) is 1.83. The van der Waals surface area contributed by atoms with Crippen LogP contribution in [0.3, 0.4) is 0 Å². The van der Waals surface area contributed by atoms with Gasteiger partial charge in [-0.1, -0.05) is 153 Å². The first-order chi connectivity index (χ1) is 23.5. The molecule has 228 valence electrons. The SMILES string of the molecule is CN=Cc1ccc2c(c1)C(C)(C)c1cc(-c3c4ccccc4c(-c4ccc(-c5cccc6ccccc56)cc4)c4ccccc34)ccc1-2. The molecule has 0 saturated carbocycles. The van der Waals surface area contributed by atoms with E-state index in [-0.39, 0.29) is 5.41 Å². The number of benzene rings is 8. The minimum absolute atomic E-state index is 0.115. The fourth-order valence-electron chi connectivity index (χ4n) is 8.18. The summed E-state index contributed by atoms with van der Waals surface area (Å²) in [4.78, 5) is 4.27. The molecule has 0 aliphatic heterocycles. The van der Waals surface area contributed by atoms with Crippen molar-refractivity contribution in [2.45, 2.75) is 19.3 Å². The quantitative estimate of drug-likeness (QED) is 0.138. The van der Waals surface area contributed by atoms with E-state index in [1.54, 1.807) is 0 Å². The molecule has 0 saturated heterocycles. The molecule has 0 bridgehead atoms. The monoisotopic (exact) mass is 613 g/mol. The van der Waals surface area contributed by atoms with Gasteiger partial charge in [0, 0.05) is 18.7 Å². The smallest absolute Gasteiger partial charge is 0.0281 e. The van der Waals surface area contributed by atoms with E-state index in [4.69, 9.17) is 0 Å². The molecule has 0 N–H and O–H groups in total. The Labute approximate surface area is 281 Å². The Balaban J connectivity index is 1.22. The summed E-state index contributed by atoms with van der Waals surface area (Å²) in [6.07, 6.45) is 1.95. The molecule has 0 amide bonds. The number of aliphatic imine (C=N–C) groups is 1. The summed E-state index contributed by atoms with van der Waals surface area (Å²) < 4.78 is 0. The van der Waals surface area contributed by atoms with Crippen LogP contribution < -0.4 is 0 Å². The Morgan fingerprint density at radius 2 is 0.938 bits per heavy atom. The zero-order valence-electron chi connectivity index (χ0n) is 27.5. The van der Waals surface area contributed by atoms with Gasteiger partial charge < -0.3 is 0 Å². The van der Waals surface area contributed by atoms with Gasteiger partial charge in [0.15, 0.2) is 0 Å². The summed E-state index contributed by atoms with van der Waals surface area (Å²) in [5.41, 5.74) is 14.0. The molecule has 0 radical (unpaired) electrons. The van der Waals surface area contributed by atoms with Crippen molar-refractivity contribution in [3.8, 4) is 44.5 Å². The van der Waals surface area contributed by atoms with Crippen LogP contribution in [0, 0.1) is 0 Å². The Kier molecular flexibility index (Phi) is 6.45. The molecule has 0 heterocycles. The maximum atomic E-state index is 4.27. The highest BCUT2D eigenvalue weighted by atomic mass is 14.6. The van der Waals surface area contributed by atoms with Gasteiger partial charge in [0.25, 0.3) is 0 Å². The third-order valence-electron chi connectivity index (χ3n) is 10.5. The summed E-state index contributed by atoms with van der Waals surface area (Å²) >= 11 is 0. The van der Waals surface area contributed by atoms with Crippen LogP contribution in [-0.2, 0) is 5.41 Å². The van der Waals surface area contributed by atoms with Crippen molar-refractivity contribution >= 4 is 38.5 Å². The zero-order chi connectivity index (χ0) is 32.4. The standard InChI is InChI=1S/C47H35N/c1-47(2)43-27-30(29-48-3)19-25-37(43)38-26-24-34(28-44(38)47)46-41-16-8-6-14-39(41)45(40-15-7-9-17-42(40)46)33-22-20-32(21-23-33)36-18-10-12-31-11-4-5-13-35(31)36/h4-29H,1-3H3. The van der Waals surface area contributed by atoms with Gasteiger partial charge in [-0.05, 0) is 106 Å². The van der Waals surface area contributed by atoms with Crippen molar-refractivity contribution in [1.82, 2.24) is 0 Å². The van der Waals surface area contributed by atoms with Crippen molar-refractivity contribution in [2.75, 3.05) is 7.05 Å². The molecule has 9 rings (SSSR count). The topological polar surface area (TPSA) is 12.4 Å². The van der Waals surface area contributed by atoms with E-state index < -0.39 is 0 Å². The van der Waals surface area contributed by atoms with Crippen LogP contribution in [0.5, 0.6) is 0 Å². The van der Waals surface area contributed by atoms with E-state index in [1.165, 1.54) is 88.0 Å². The summed E-state index contributed by atoms with van der Waals surface area (Å²) in [5, 5.41) is 7.65. The second kappa shape index (κ2) is 10.9. The average molecular weight is 614 g/mol. The summed E-state index contributed by atoms with van der Waals surface area (Å²) in [6, 6.07) is 56.2. The normalized spacial score (nSPS) is 13.4. The first kappa shape index (κ1) is 28.4. The second-order valence-electron chi connectivity index (χ2n) is 13.5. The van der Waals surface area contributed by atoms with Gasteiger partial charge in [0.05, 0.1) is 0 Å². The lowest BCUT2D eigenvalue weighted by molar-refractivity contribution is 0.660. The van der Waals surface area contributed by atoms with Crippen LogP contribution in [0.1, 0.15) is 30.5 Å². The number of hydrogen-bond acceptors (Lipinski definition) is 1. The maximum Gasteiger partial charge on any atom is 0.0281 e. The third-order valence-corrected chi connectivity index (χ3v) is 10.5. The molecule has 0 spiro atoms. The zero-order valence-corrected chi connectivity index (χ0v) is 27.5. The largest absolute Gasteiger partial charge is 0.296 e. The highest BCUT2D eigenvalue weighted by Gasteiger charge is 2.36. The maximum absolute atomic E-state index is 4.27. The van der Waals surface area contributed by atoms with Gasteiger partial charge in [-0.25, -0.2) is 0 Å². The molecule has 1 aliphatic rings. The highest BCUT2D eigenvalue weighted by molar-refractivity contribution is 6.21. The van der Waals surface area contributed by atoms with Crippen molar-refractivity contribution in [2.24, 2.45) is 4.99 Å². The molecule has 1 nitrogen and oxygen atoms in total. The van der Waals surface area contributed by atoms with Crippen LogP contribution >= 0.6 is 0 Å². The van der Waals surface area contributed by atoms with Crippen molar-refractivity contribution < 1.29 is 0 Å². The molecule has 8 aromatic carbocycles. The van der Waals surface area contributed by atoms with Crippen LogP contribution in [0.15, 0.2) is 157 Å². The Morgan fingerprint density at radius 3 is 1.58 bits per heavy atom. The first-order valence-electron chi connectivity index (χ1n) is 16.8. The van der Waals surface area contributed by atoms with Crippen LogP contribution in [0.2, 0.25) is 0 Å². The van der Waals surface area contributed by atoms with E-state index >= 15 is 0 Å². The number of rotatable bonds is 4. The molecule has 0 unspecified atom stereocenters. The van der Waals surface area contributed by atoms with E-state index in [0.29, 0.717) is 0 Å². The third kappa shape index (κ3) is 4.28. The fraction of sp³-hybridized carbons (Fsp3) is 0.0851. The highest BCUT2D eigenvalue weighted by Crippen LogP contribution is 2.51. The van der Waals surface area contributed by atoms with Gasteiger partial charge in [-0.15, -0.1) is 0 Å². The van der Waals surface area contributed by atoms with Gasteiger partial charge in [-0.3, -0.25) is 4.99 Å². The molecule has 0 fully saturated rings. The Hall–Kier alpha value is -5.79. The summed E-state index contributed by atoms with van der Waals surface area (Å²) in [5.74, 6) is 0. The Morgan fingerprint density at radius 1 is 0.438 bits per heavy atom. The van der Waals surface area contributed by atoms with Crippen molar-refractivity contribution in [3.63, 3.8) is 0 Å². The minimum Gasteiger partial charge on any atom is -0.296 e. The molecule has 8 aromatic rings. The molecular formula is C47H35N. The lowest BCUT2D eigenvalue weighted by atomic mass is 9.80. The predicted octanol–water partition coefficient (Wildman–Crippen LogP) is 12.5. The van der Waals surface area contributed by atoms with Gasteiger partial charge in [0.1, 0.15) is 0 Å². The van der Waals surface area contributed by atoms with Crippen LogP contribution in [-0.4, -0.2) is 13.3 Å². The van der Waals surface area contributed by atoms with E-state index in [0.717, 1.165) is 5.56 Å². The van der Waals surface area contributed by atoms with Gasteiger partial charge >= 0.3 is 0 Å². The van der Waals surface area contributed by atoms with E-state index in [9.17, 15) is 0 Å². The van der Waals surface area contributed by atoms with Gasteiger partial charge in [-0.2, -0.15) is 0 Å². The number of hydrogen-bond donors (Lipinski definition) is 0. The summed E-state index contributed by atoms with van der Waals surface area (Å²) in [6.45, 7) is 4.71. The second-order valence-corrected chi connectivity index (χ2v) is 13.5. The fourth-order valence-corrected chi connectivity index (χ4v) is 8.18. The van der Waals surface area contributed by atoms with Crippen LogP contribution in [0.25, 0.3) is 76.8 Å². The molecule has 0 aromatic heterocycles. The Bertz CT molecular complexity index is 2520. The minimum atomic E-state index is -0.115. The predicted molar refractivity (Wildman–Crippen MR) is 206 cm³/mol. The van der Waals surface area contributed by atoms with Gasteiger partial charge in [0.2, 0.25) is 0 Å². The van der Waals surface area contributed by atoms with Crippen molar-refractivity contribution in [1.29, 1.82) is 0 Å². The molecule has 0 atom stereocenters. The molecule has 1 aliphatic carbocycles. The van der Waals surface area contributed by atoms with Crippen LogP contribution in [0.4, 0.5) is 0 Å². The molecule has 48 heavy (non-hydrogen) atoms. The lowest BCUT2D eigenvalue weighted by Crippen LogP contribution is -2.15. The first-order valence-corrected chi connectivity index (χ1v) is 16.8. The number of fused-ring (bicyclic) bond motifs is 6. The van der Waals surface area contributed by atoms with E-state index in [1.807, 2.05) is 13.3 Å². The number of nitrogens with zero attached hydrogens (tertiary/aromatic N) is 1. The van der Waals surface area contributed by atoms with Crippen molar-refractivity contribution in [3.05, 3.63) is 168 Å². The lowest BCUT2D eigenvalue weighted by Gasteiger charge is -2.23. The molecule has 1 heteroatoms. The molecular weight excluding hydrogens is 579 g/mol. The average Bonchev–Trinajstić information content (AvgIpc) is 3.35.